The molecule has 15 heavy (non-hydrogen) atoms. The maximum Gasteiger partial charge on any atom is 0.310 e. The Hall–Kier alpha value is -1.71. The second-order valence-corrected chi connectivity index (χ2v) is 3.53. The largest absolute Gasteiger partial charge is 0.508 e. The van der Waals surface area contributed by atoms with Gasteiger partial charge >= 0.3 is 5.97 Å². The number of benzene rings is 1. The van der Waals surface area contributed by atoms with E-state index in [1.54, 1.807) is 13.8 Å². The average Bonchev–Trinajstić information content (AvgIpc) is 2.08. The molecule has 0 aliphatic rings. The third kappa shape index (κ3) is 3.50. The van der Waals surface area contributed by atoms with E-state index in [1.165, 1.54) is 18.2 Å². The summed E-state index contributed by atoms with van der Waals surface area (Å²) in [6.45, 7) is 3.52. The molecule has 0 atom stereocenters. The lowest BCUT2D eigenvalue weighted by Gasteiger charge is -2.08. The van der Waals surface area contributed by atoms with E-state index in [1.807, 2.05) is 0 Å². The summed E-state index contributed by atoms with van der Waals surface area (Å²) in [5.74, 6) is -0.532. The van der Waals surface area contributed by atoms with Gasteiger partial charge in [-0.25, -0.2) is 0 Å². The van der Waals surface area contributed by atoms with Crippen molar-refractivity contribution in [1.29, 1.82) is 0 Å². The molecule has 1 aromatic rings. The number of carbonyl (C=O) groups excluding carboxylic acids is 1. The molecule has 1 rings (SSSR count). The number of ether oxygens (including phenoxy) is 1. The first-order valence-corrected chi connectivity index (χ1v) is 4.69. The minimum atomic E-state index is -0.397. The Kier molecular flexibility index (Phi) is 3.55. The van der Waals surface area contributed by atoms with Crippen LogP contribution in [0, 0.1) is 0 Å². The van der Waals surface area contributed by atoms with Gasteiger partial charge in [0.25, 0.3) is 0 Å². The van der Waals surface area contributed by atoms with E-state index in [-0.39, 0.29) is 24.0 Å². The summed E-state index contributed by atoms with van der Waals surface area (Å²) in [6, 6.07) is 4.10. The van der Waals surface area contributed by atoms with Gasteiger partial charge in [-0.3, -0.25) is 4.79 Å². The molecule has 4 nitrogen and oxygen atoms in total. The fraction of sp³-hybridized carbons (Fsp3) is 0.364. The Labute approximate surface area is 88.1 Å². The van der Waals surface area contributed by atoms with Crippen molar-refractivity contribution < 1.29 is 19.7 Å². The van der Waals surface area contributed by atoms with Gasteiger partial charge in [-0.1, -0.05) is 6.07 Å². The number of esters is 1. The molecule has 0 saturated carbocycles. The topological polar surface area (TPSA) is 66.8 Å². The maximum absolute atomic E-state index is 11.3. The van der Waals surface area contributed by atoms with Crippen LogP contribution in [0.15, 0.2) is 18.2 Å². The van der Waals surface area contributed by atoms with E-state index < -0.39 is 5.97 Å². The van der Waals surface area contributed by atoms with Crippen molar-refractivity contribution in [3.05, 3.63) is 23.8 Å². The average molecular weight is 210 g/mol. The van der Waals surface area contributed by atoms with E-state index in [0.29, 0.717) is 5.56 Å². The van der Waals surface area contributed by atoms with E-state index in [0.717, 1.165) is 0 Å². The van der Waals surface area contributed by atoms with Gasteiger partial charge in [0.2, 0.25) is 0 Å². The molecule has 0 aliphatic heterocycles. The van der Waals surface area contributed by atoms with E-state index in [2.05, 4.69) is 0 Å². The zero-order valence-corrected chi connectivity index (χ0v) is 8.73. The lowest BCUT2D eigenvalue weighted by molar-refractivity contribution is -0.146. The molecule has 82 valence electrons. The van der Waals surface area contributed by atoms with E-state index in [4.69, 9.17) is 9.84 Å². The molecule has 0 radical (unpaired) electrons. The minimum absolute atomic E-state index is 0.00426. The molecular formula is C11H14O4. The van der Waals surface area contributed by atoms with Crippen LogP contribution in [0.3, 0.4) is 0 Å². The standard InChI is InChI=1S/C11H14O4/c1-7(2)15-11(14)5-8-3-4-9(12)6-10(8)13/h3-4,6-7,12-13H,5H2,1-2H3. The van der Waals surface area contributed by atoms with Crippen molar-refractivity contribution in [3.8, 4) is 11.5 Å². The van der Waals surface area contributed by atoms with Crippen molar-refractivity contribution in [1.82, 2.24) is 0 Å². The summed E-state index contributed by atoms with van der Waals surface area (Å²) >= 11 is 0. The molecule has 0 unspecified atom stereocenters. The van der Waals surface area contributed by atoms with Crippen LogP contribution < -0.4 is 0 Å². The highest BCUT2D eigenvalue weighted by molar-refractivity contribution is 5.73. The summed E-state index contributed by atoms with van der Waals surface area (Å²) in [4.78, 5) is 11.3. The third-order valence-electron chi connectivity index (χ3n) is 1.77. The Morgan fingerprint density at radius 1 is 1.40 bits per heavy atom. The molecule has 2 N–H and O–H groups in total. The molecule has 0 heterocycles. The Bertz CT molecular complexity index is 358. The van der Waals surface area contributed by atoms with E-state index in [9.17, 15) is 9.90 Å². The van der Waals surface area contributed by atoms with Crippen molar-refractivity contribution >= 4 is 5.97 Å². The molecule has 4 heteroatoms. The summed E-state index contributed by atoms with van der Waals surface area (Å²) in [5.41, 5.74) is 0.443. The summed E-state index contributed by atoms with van der Waals surface area (Å²) in [5, 5.41) is 18.4. The number of rotatable bonds is 3. The van der Waals surface area contributed by atoms with Gasteiger partial charge in [0.1, 0.15) is 11.5 Å². The smallest absolute Gasteiger partial charge is 0.310 e. The highest BCUT2D eigenvalue weighted by Crippen LogP contribution is 2.23. The monoisotopic (exact) mass is 210 g/mol. The van der Waals surface area contributed by atoms with Gasteiger partial charge < -0.3 is 14.9 Å². The molecule has 1 aromatic carbocycles. The fourth-order valence-corrected chi connectivity index (χ4v) is 1.16. The van der Waals surface area contributed by atoms with Gasteiger partial charge in [0, 0.05) is 11.6 Å². The molecular weight excluding hydrogens is 196 g/mol. The lowest BCUT2D eigenvalue weighted by atomic mass is 10.1. The predicted octanol–water partition coefficient (Wildman–Crippen LogP) is 1.59. The fourth-order valence-electron chi connectivity index (χ4n) is 1.16. The second-order valence-electron chi connectivity index (χ2n) is 3.53. The quantitative estimate of drug-likeness (QED) is 0.743. The second kappa shape index (κ2) is 4.68. The van der Waals surface area contributed by atoms with Crippen LogP contribution in [0.5, 0.6) is 11.5 Å². The van der Waals surface area contributed by atoms with Crippen LogP contribution in [-0.2, 0) is 16.0 Å². The normalized spacial score (nSPS) is 10.3. The molecule has 0 aliphatic carbocycles. The summed E-state index contributed by atoms with van der Waals surface area (Å²) in [7, 11) is 0. The molecule has 0 bridgehead atoms. The molecule has 0 saturated heterocycles. The van der Waals surface area contributed by atoms with Crippen LogP contribution in [-0.4, -0.2) is 22.3 Å². The van der Waals surface area contributed by atoms with Crippen molar-refractivity contribution in [2.24, 2.45) is 0 Å². The van der Waals surface area contributed by atoms with Crippen molar-refractivity contribution in [3.63, 3.8) is 0 Å². The van der Waals surface area contributed by atoms with Gasteiger partial charge in [-0.2, -0.15) is 0 Å². The lowest BCUT2D eigenvalue weighted by Crippen LogP contribution is -2.13. The van der Waals surface area contributed by atoms with Crippen LogP contribution in [0.25, 0.3) is 0 Å². The number of carbonyl (C=O) groups is 1. The van der Waals surface area contributed by atoms with Crippen LogP contribution in [0.4, 0.5) is 0 Å². The molecule has 0 amide bonds. The number of phenols is 2. The minimum Gasteiger partial charge on any atom is -0.508 e. The van der Waals surface area contributed by atoms with E-state index >= 15 is 0 Å². The first-order chi connectivity index (χ1) is 6.99. The van der Waals surface area contributed by atoms with Crippen LogP contribution >= 0.6 is 0 Å². The third-order valence-corrected chi connectivity index (χ3v) is 1.77. The highest BCUT2D eigenvalue weighted by atomic mass is 16.5. The van der Waals surface area contributed by atoms with Gasteiger partial charge in [-0.15, -0.1) is 0 Å². The number of hydrogen-bond acceptors (Lipinski definition) is 4. The summed E-state index contributed by atoms with van der Waals surface area (Å²) in [6.07, 6.45) is -0.165. The molecule has 0 fully saturated rings. The zero-order chi connectivity index (χ0) is 11.4. The van der Waals surface area contributed by atoms with Gasteiger partial charge in [-0.05, 0) is 19.9 Å². The number of phenolic OH excluding ortho intramolecular Hbond substituents is 2. The number of aromatic hydroxyl groups is 2. The Morgan fingerprint density at radius 2 is 2.07 bits per heavy atom. The van der Waals surface area contributed by atoms with Gasteiger partial charge in [0.05, 0.1) is 12.5 Å². The Balaban J connectivity index is 2.68. The van der Waals surface area contributed by atoms with Crippen LogP contribution in [0.1, 0.15) is 19.4 Å². The van der Waals surface area contributed by atoms with Gasteiger partial charge in [0.15, 0.2) is 0 Å². The summed E-state index contributed by atoms with van der Waals surface area (Å²) < 4.78 is 4.93. The predicted molar refractivity (Wildman–Crippen MR) is 54.7 cm³/mol. The SMILES string of the molecule is CC(C)OC(=O)Cc1ccc(O)cc1O. The van der Waals surface area contributed by atoms with Crippen LogP contribution in [0.2, 0.25) is 0 Å². The number of hydrogen-bond donors (Lipinski definition) is 2. The molecule has 0 aromatic heterocycles. The van der Waals surface area contributed by atoms with Crippen molar-refractivity contribution in [2.45, 2.75) is 26.4 Å². The van der Waals surface area contributed by atoms with Crippen molar-refractivity contribution in [2.75, 3.05) is 0 Å². The zero-order valence-electron chi connectivity index (χ0n) is 8.73. The first-order valence-electron chi connectivity index (χ1n) is 4.69. The maximum atomic E-state index is 11.3. The molecule has 0 spiro atoms. The highest BCUT2D eigenvalue weighted by Gasteiger charge is 2.10. The Morgan fingerprint density at radius 3 is 2.60 bits per heavy atom. The first kappa shape index (κ1) is 11.4.